The third-order valence-electron chi connectivity index (χ3n) is 5.11. The Morgan fingerprint density at radius 2 is 1.76 bits per heavy atom. The number of imide groups is 1. The Labute approximate surface area is 168 Å². The molecular formula is C23H21N3O3. The molecule has 0 saturated carbocycles. The fourth-order valence-corrected chi connectivity index (χ4v) is 3.40. The molecule has 6 nitrogen and oxygen atoms in total. The van der Waals surface area contributed by atoms with Gasteiger partial charge in [0.15, 0.2) is 0 Å². The second kappa shape index (κ2) is 7.75. The summed E-state index contributed by atoms with van der Waals surface area (Å²) < 4.78 is 0. The molecule has 3 aromatic rings. The van der Waals surface area contributed by atoms with Crippen molar-refractivity contribution in [1.29, 1.82) is 0 Å². The summed E-state index contributed by atoms with van der Waals surface area (Å²) in [6, 6.07) is 20.7. The lowest BCUT2D eigenvalue weighted by Gasteiger charge is -2.16. The number of hydrogen-bond donors (Lipinski definition) is 2. The van der Waals surface area contributed by atoms with E-state index in [-0.39, 0.29) is 37.0 Å². The average molecular weight is 387 g/mol. The van der Waals surface area contributed by atoms with Crippen molar-refractivity contribution < 1.29 is 14.4 Å². The van der Waals surface area contributed by atoms with Crippen LogP contribution in [0.15, 0.2) is 66.7 Å². The van der Waals surface area contributed by atoms with Gasteiger partial charge in [0.1, 0.15) is 0 Å². The quantitative estimate of drug-likeness (QED) is 0.659. The predicted octanol–water partition coefficient (Wildman–Crippen LogP) is 3.38. The lowest BCUT2D eigenvalue weighted by molar-refractivity contribution is -0.125. The third-order valence-corrected chi connectivity index (χ3v) is 5.11. The molecule has 6 heteroatoms. The Hall–Kier alpha value is -3.67. The van der Waals surface area contributed by atoms with Gasteiger partial charge in [-0.15, -0.1) is 0 Å². The second-order valence-corrected chi connectivity index (χ2v) is 7.14. The maximum Gasteiger partial charge on any atom is 0.324 e. The minimum Gasteiger partial charge on any atom is -0.346 e. The zero-order valence-corrected chi connectivity index (χ0v) is 16.0. The summed E-state index contributed by atoms with van der Waals surface area (Å²) in [7, 11) is 0. The van der Waals surface area contributed by atoms with Crippen LogP contribution in [0.1, 0.15) is 34.5 Å². The molecule has 1 aliphatic rings. The summed E-state index contributed by atoms with van der Waals surface area (Å²) in [4.78, 5) is 37.1. The number of benzene rings is 3. The van der Waals surface area contributed by atoms with Crippen LogP contribution in [0, 0.1) is 0 Å². The smallest absolute Gasteiger partial charge is 0.324 e. The maximum atomic E-state index is 12.6. The van der Waals surface area contributed by atoms with Crippen LogP contribution in [0.4, 0.5) is 4.79 Å². The van der Waals surface area contributed by atoms with Crippen LogP contribution in [0.5, 0.6) is 0 Å². The van der Waals surface area contributed by atoms with Gasteiger partial charge in [-0.2, -0.15) is 0 Å². The molecule has 3 aromatic carbocycles. The number of hydrogen-bond acceptors (Lipinski definition) is 3. The number of rotatable bonds is 5. The van der Waals surface area contributed by atoms with E-state index in [2.05, 4.69) is 34.9 Å². The number of carbonyl (C=O) groups excluding carboxylic acids is 3. The summed E-state index contributed by atoms with van der Waals surface area (Å²) in [5.74, 6) is -0.423. The molecule has 0 aliphatic carbocycles. The second-order valence-electron chi connectivity index (χ2n) is 7.14. The summed E-state index contributed by atoms with van der Waals surface area (Å²) >= 11 is 0. The van der Waals surface area contributed by atoms with Gasteiger partial charge < -0.3 is 10.6 Å². The molecule has 0 bridgehead atoms. The fraction of sp³-hybridized carbons (Fsp3) is 0.174. The van der Waals surface area contributed by atoms with Crippen LogP contribution in [0.25, 0.3) is 10.8 Å². The van der Waals surface area contributed by atoms with Gasteiger partial charge in [0, 0.05) is 5.56 Å². The largest absolute Gasteiger partial charge is 0.346 e. The first-order valence-corrected chi connectivity index (χ1v) is 9.48. The zero-order chi connectivity index (χ0) is 20.4. The molecule has 1 aliphatic heterocycles. The molecule has 0 unspecified atom stereocenters. The van der Waals surface area contributed by atoms with Crippen molar-refractivity contribution in [2.24, 2.45) is 0 Å². The first-order valence-electron chi connectivity index (χ1n) is 9.48. The highest BCUT2D eigenvalue weighted by Crippen LogP contribution is 2.20. The molecule has 1 atom stereocenters. The summed E-state index contributed by atoms with van der Waals surface area (Å²) in [6.07, 6.45) is 0. The number of fused-ring (bicyclic) bond motifs is 1. The zero-order valence-electron chi connectivity index (χ0n) is 16.0. The van der Waals surface area contributed by atoms with Gasteiger partial charge in [0.25, 0.3) is 5.91 Å². The van der Waals surface area contributed by atoms with Gasteiger partial charge in [-0.05, 0) is 47.0 Å². The molecule has 1 saturated heterocycles. The van der Waals surface area contributed by atoms with Crippen LogP contribution < -0.4 is 10.6 Å². The summed E-state index contributed by atoms with van der Waals surface area (Å²) in [5, 5.41) is 7.80. The van der Waals surface area contributed by atoms with Crippen LogP contribution in [-0.2, 0) is 11.3 Å². The molecule has 4 rings (SSSR count). The fourth-order valence-electron chi connectivity index (χ4n) is 3.40. The van der Waals surface area contributed by atoms with Crippen molar-refractivity contribution in [1.82, 2.24) is 15.5 Å². The van der Waals surface area contributed by atoms with Crippen molar-refractivity contribution in [2.45, 2.75) is 19.5 Å². The third kappa shape index (κ3) is 3.96. The predicted molar refractivity (Wildman–Crippen MR) is 110 cm³/mol. The van der Waals surface area contributed by atoms with Gasteiger partial charge in [-0.25, -0.2) is 4.79 Å². The molecule has 0 aromatic heterocycles. The molecule has 1 heterocycles. The normalized spacial score (nSPS) is 14.7. The highest BCUT2D eigenvalue weighted by atomic mass is 16.2. The summed E-state index contributed by atoms with van der Waals surface area (Å²) in [5.41, 5.74) is 2.35. The van der Waals surface area contributed by atoms with Crippen LogP contribution in [-0.4, -0.2) is 29.3 Å². The van der Waals surface area contributed by atoms with Crippen LogP contribution in [0.2, 0.25) is 0 Å². The Bertz CT molecular complexity index is 1080. The molecular weight excluding hydrogens is 366 g/mol. The van der Waals surface area contributed by atoms with Crippen molar-refractivity contribution in [3.63, 3.8) is 0 Å². The first kappa shape index (κ1) is 18.7. The number of urea groups is 1. The number of amides is 4. The van der Waals surface area contributed by atoms with Gasteiger partial charge >= 0.3 is 6.03 Å². The van der Waals surface area contributed by atoms with Crippen molar-refractivity contribution in [3.8, 4) is 0 Å². The van der Waals surface area contributed by atoms with Gasteiger partial charge in [0.2, 0.25) is 5.91 Å². The van der Waals surface area contributed by atoms with Gasteiger partial charge in [-0.3, -0.25) is 14.5 Å². The molecule has 0 spiro atoms. The van der Waals surface area contributed by atoms with E-state index < -0.39 is 0 Å². The molecule has 146 valence electrons. The van der Waals surface area contributed by atoms with E-state index in [0.717, 1.165) is 26.8 Å². The number of carbonyl (C=O) groups is 3. The molecule has 29 heavy (non-hydrogen) atoms. The maximum absolute atomic E-state index is 12.6. The molecule has 0 radical (unpaired) electrons. The Morgan fingerprint density at radius 3 is 2.45 bits per heavy atom. The number of nitrogens with one attached hydrogen (secondary N) is 2. The Balaban J connectivity index is 1.42. The Morgan fingerprint density at radius 1 is 1.03 bits per heavy atom. The SMILES string of the molecule is C[C@H](NC(=O)c1ccc(CN2C(=O)CNC2=O)cc1)c1ccc2ccccc2c1. The lowest BCUT2D eigenvalue weighted by Crippen LogP contribution is -2.30. The molecule has 4 amide bonds. The van der Waals surface area contributed by atoms with E-state index in [4.69, 9.17) is 0 Å². The minimum absolute atomic E-state index is 0.0337. The van der Waals surface area contributed by atoms with Crippen LogP contribution in [0.3, 0.4) is 0 Å². The minimum atomic E-state index is -0.388. The van der Waals surface area contributed by atoms with E-state index in [1.54, 1.807) is 24.3 Å². The van der Waals surface area contributed by atoms with E-state index in [9.17, 15) is 14.4 Å². The average Bonchev–Trinajstić information content (AvgIpc) is 3.06. The van der Waals surface area contributed by atoms with Gasteiger partial charge in [-0.1, -0.05) is 48.5 Å². The molecule has 2 N–H and O–H groups in total. The summed E-state index contributed by atoms with van der Waals surface area (Å²) in [6.45, 7) is 2.18. The monoisotopic (exact) mass is 387 g/mol. The Kier molecular flexibility index (Phi) is 4.99. The van der Waals surface area contributed by atoms with Crippen molar-refractivity contribution in [2.75, 3.05) is 6.54 Å². The van der Waals surface area contributed by atoms with Gasteiger partial charge in [0.05, 0.1) is 19.1 Å². The van der Waals surface area contributed by atoms with E-state index in [1.807, 2.05) is 25.1 Å². The highest BCUT2D eigenvalue weighted by Gasteiger charge is 2.28. The van der Waals surface area contributed by atoms with E-state index >= 15 is 0 Å². The number of nitrogens with zero attached hydrogens (tertiary/aromatic N) is 1. The topological polar surface area (TPSA) is 78.5 Å². The van der Waals surface area contributed by atoms with Crippen molar-refractivity contribution >= 4 is 28.6 Å². The van der Waals surface area contributed by atoms with E-state index in [1.165, 1.54) is 0 Å². The molecule has 1 fully saturated rings. The highest BCUT2D eigenvalue weighted by molar-refractivity contribution is 6.01. The first-order chi connectivity index (χ1) is 14.0. The van der Waals surface area contributed by atoms with Crippen molar-refractivity contribution in [3.05, 3.63) is 83.4 Å². The standard InChI is InChI=1S/C23H21N3O3/c1-15(19-11-10-17-4-2-3-5-20(17)12-19)25-22(28)18-8-6-16(7-9-18)14-26-21(27)13-24-23(26)29/h2-12,15H,13-14H2,1H3,(H,24,29)(H,25,28)/t15-/m0/s1. The lowest BCUT2D eigenvalue weighted by atomic mass is 10.0. The van der Waals surface area contributed by atoms with E-state index in [0.29, 0.717) is 5.56 Å². The van der Waals surface area contributed by atoms with Crippen LogP contribution >= 0.6 is 0 Å².